The molecule has 0 atom stereocenters. The Kier molecular flexibility index (Phi) is 2.21. The molecule has 0 bridgehead atoms. The standard InChI is InChI=1S/C7H9N4O2S2/c1-4-3-5(2)11-6(9-4)14-7(10-11)15(8,12)13/h3H,1-2H3,(H2,8,12,13)/q+1. The third-order valence-electron chi connectivity index (χ3n) is 1.81. The number of aromatic nitrogens is 3. The van der Waals surface area contributed by atoms with E-state index in [9.17, 15) is 8.42 Å². The summed E-state index contributed by atoms with van der Waals surface area (Å²) in [6.07, 6.45) is 0. The fourth-order valence-corrected chi connectivity index (χ4v) is 2.85. The number of rotatable bonds is 1. The largest absolute Gasteiger partial charge is 0.411 e. The average Bonchev–Trinajstić information content (AvgIpc) is 2.46. The molecule has 8 heteroatoms. The first-order valence-electron chi connectivity index (χ1n) is 4.08. The summed E-state index contributed by atoms with van der Waals surface area (Å²) in [5.74, 6) is 0. The summed E-state index contributed by atoms with van der Waals surface area (Å²) in [5, 5.41) is 8.87. The van der Waals surface area contributed by atoms with E-state index < -0.39 is 10.0 Å². The van der Waals surface area contributed by atoms with Crippen LogP contribution in [-0.4, -0.2) is 18.5 Å². The number of hydrogen-bond acceptors (Lipinski definition) is 5. The molecule has 0 aliphatic heterocycles. The van der Waals surface area contributed by atoms with Crippen molar-refractivity contribution in [3.8, 4) is 0 Å². The Bertz CT molecular complexity index is 632. The Labute approximate surface area is 90.4 Å². The van der Waals surface area contributed by atoms with Crippen molar-refractivity contribution in [3.05, 3.63) is 17.5 Å². The van der Waals surface area contributed by atoms with E-state index in [0.717, 1.165) is 22.7 Å². The summed E-state index contributed by atoms with van der Waals surface area (Å²) in [7, 11) is -3.75. The maximum absolute atomic E-state index is 11.1. The second kappa shape index (κ2) is 3.19. The summed E-state index contributed by atoms with van der Waals surface area (Å²) < 4.78 is 23.5. The summed E-state index contributed by atoms with van der Waals surface area (Å²) in [6.45, 7) is 3.66. The van der Waals surface area contributed by atoms with Crippen LogP contribution in [0.15, 0.2) is 10.4 Å². The van der Waals surface area contributed by atoms with Gasteiger partial charge in [-0.1, -0.05) is 9.61 Å². The molecule has 0 fully saturated rings. The van der Waals surface area contributed by atoms with Gasteiger partial charge in [0.1, 0.15) is 5.69 Å². The molecule has 0 aliphatic carbocycles. The van der Waals surface area contributed by atoms with Gasteiger partial charge in [0.25, 0.3) is 14.4 Å². The number of nitrogens with zero attached hydrogens (tertiary/aromatic N) is 3. The minimum Gasteiger partial charge on any atom is -0.222 e. The lowest BCUT2D eigenvalue weighted by Gasteiger charge is -1.87. The molecule has 0 radical (unpaired) electrons. The highest BCUT2D eigenvalue weighted by Gasteiger charge is 2.22. The highest BCUT2D eigenvalue weighted by Crippen LogP contribution is 2.13. The van der Waals surface area contributed by atoms with Gasteiger partial charge in [0.2, 0.25) is 0 Å². The number of sulfonamides is 1. The minimum atomic E-state index is -3.75. The molecule has 0 unspecified atom stereocenters. The summed E-state index contributed by atoms with van der Waals surface area (Å²) in [6, 6.07) is 1.82. The lowest BCUT2D eigenvalue weighted by atomic mass is 10.4. The van der Waals surface area contributed by atoms with Crippen LogP contribution < -0.4 is 9.65 Å². The van der Waals surface area contributed by atoms with Crippen LogP contribution in [0.1, 0.15) is 11.4 Å². The third-order valence-corrected chi connectivity index (χ3v) is 4.03. The molecule has 0 amide bonds. The second-order valence-corrected chi connectivity index (χ2v) is 5.84. The van der Waals surface area contributed by atoms with Crippen molar-refractivity contribution in [2.24, 2.45) is 5.14 Å². The fourth-order valence-electron chi connectivity index (χ4n) is 1.23. The van der Waals surface area contributed by atoms with Crippen molar-refractivity contribution in [2.45, 2.75) is 18.2 Å². The maximum Gasteiger partial charge on any atom is 0.411 e. The van der Waals surface area contributed by atoms with E-state index in [1.165, 1.54) is 4.52 Å². The molecule has 2 N–H and O–H groups in total. The minimum absolute atomic E-state index is 0.122. The average molecular weight is 245 g/mol. The van der Waals surface area contributed by atoms with Crippen LogP contribution in [0.3, 0.4) is 0 Å². The number of nitrogens with two attached hydrogens (primary N) is 1. The second-order valence-electron chi connectivity index (χ2n) is 3.15. The van der Waals surface area contributed by atoms with Gasteiger partial charge in [-0.3, -0.25) is 0 Å². The van der Waals surface area contributed by atoms with Crippen molar-refractivity contribution in [1.82, 2.24) is 10.1 Å². The van der Waals surface area contributed by atoms with Gasteiger partial charge in [-0.25, -0.2) is 13.6 Å². The van der Waals surface area contributed by atoms with Gasteiger partial charge >= 0.3 is 4.96 Å². The predicted octanol–water partition coefficient (Wildman–Crippen LogP) is -0.459. The first-order chi connectivity index (χ1) is 6.88. The Morgan fingerprint density at radius 1 is 1.47 bits per heavy atom. The van der Waals surface area contributed by atoms with E-state index >= 15 is 0 Å². The highest BCUT2D eigenvalue weighted by molar-refractivity contribution is 7.91. The highest BCUT2D eigenvalue weighted by atomic mass is 32.2. The van der Waals surface area contributed by atoms with Crippen molar-refractivity contribution >= 4 is 26.3 Å². The van der Waals surface area contributed by atoms with Crippen LogP contribution in [0.2, 0.25) is 0 Å². The molecule has 15 heavy (non-hydrogen) atoms. The van der Waals surface area contributed by atoms with Gasteiger partial charge in [0, 0.05) is 19.9 Å². The molecule has 0 saturated heterocycles. The first-order valence-corrected chi connectivity index (χ1v) is 6.44. The lowest BCUT2D eigenvalue weighted by molar-refractivity contribution is -0.588. The van der Waals surface area contributed by atoms with Gasteiger partial charge in [-0.2, -0.15) is 0 Å². The smallest absolute Gasteiger partial charge is 0.222 e. The van der Waals surface area contributed by atoms with Crippen LogP contribution in [0, 0.1) is 13.8 Å². The van der Waals surface area contributed by atoms with Crippen LogP contribution in [0.5, 0.6) is 0 Å². The van der Waals surface area contributed by atoms with Gasteiger partial charge in [0.15, 0.2) is 5.69 Å². The number of aryl methyl sites for hydroxylation is 2. The molecule has 0 spiro atoms. The van der Waals surface area contributed by atoms with E-state index in [1.807, 2.05) is 19.9 Å². The summed E-state index contributed by atoms with van der Waals surface area (Å²) >= 11 is 0.960. The SMILES string of the molecule is Cc1cc(C)[n+]2nc(S(N)(=O)=O)sc2n1. The molecule has 0 aromatic carbocycles. The Morgan fingerprint density at radius 3 is 2.73 bits per heavy atom. The molecule has 2 aromatic rings. The van der Waals surface area contributed by atoms with Crippen LogP contribution in [0.4, 0.5) is 0 Å². The van der Waals surface area contributed by atoms with Crippen LogP contribution in [-0.2, 0) is 10.0 Å². The van der Waals surface area contributed by atoms with E-state index in [-0.39, 0.29) is 4.34 Å². The lowest BCUT2D eigenvalue weighted by Crippen LogP contribution is -2.29. The predicted molar refractivity (Wildman–Crippen MR) is 53.9 cm³/mol. The zero-order valence-corrected chi connectivity index (χ0v) is 9.76. The topological polar surface area (TPSA) is 90.0 Å². The fraction of sp³-hybridized carbons (Fsp3) is 0.286. The van der Waals surface area contributed by atoms with Gasteiger partial charge in [-0.15, -0.1) is 0 Å². The molecule has 2 rings (SSSR count). The molecule has 0 saturated carbocycles. The molecule has 6 nitrogen and oxygen atoms in total. The van der Waals surface area contributed by atoms with E-state index in [4.69, 9.17) is 5.14 Å². The molecule has 80 valence electrons. The normalized spacial score (nSPS) is 12.2. The van der Waals surface area contributed by atoms with Crippen molar-refractivity contribution in [2.75, 3.05) is 0 Å². The molecule has 2 heterocycles. The zero-order chi connectivity index (χ0) is 11.2. The molecule has 2 aromatic heterocycles. The molecular formula is C7H9N4O2S2+. The quantitative estimate of drug-likeness (QED) is 0.688. The van der Waals surface area contributed by atoms with Crippen molar-refractivity contribution < 1.29 is 12.9 Å². The maximum atomic E-state index is 11.1. The van der Waals surface area contributed by atoms with Gasteiger partial charge < -0.3 is 0 Å². The third kappa shape index (κ3) is 1.83. The van der Waals surface area contributed by atoms with Crippen LogP contribution in [0.25, 0.3) is 4.96 Å². The summed E-state index contributed by atoms with van der Waals surface area (Å²) in [4.78, 5) is 4.69. The van der Waals surface area contributed by atoms with Gasteiger partial charge in [0.05, 0.1) is 0 Å². The Hall–Kier alpha value is -1.12. The van der Waals surface area contributed by atoms with Crippen molar-refractivity contribution in [1.29, 1.82) is 0 Å². The molecule has 0 aliphatic rings. The Balaban J connectivity index is 2.82. The van der Waals surface area contributed by atoms with E-state index in [1.54, 1.807) is 0 Å². The van der Waals surface area contributed by atoms with Gasteiger partial charge in [-0.05, 0) is 16.3 Å². The van der Waals surface area contributed by atoms with Crippen LogP contribution >= 0.6 is 11.3 Å². The Morgan fingerprint density at radius 2 is 2.13 bits per heavy atom. The monoisotopic (exact) mass is 245 g/mol. The zero-order valence-electron chi connectivity index (χ0n) is 8.13. The summed E-state index contributed by atoms with van der Waals surface area (Å²) in [5.41, 5.74) is 1.64. The number of primary sulfonamides is 1. The number of hydrogen-bond donors (Lipinski definition) is 1. The van der Waals surface area contributed by atoms with E-state index in [0.29, 0.717) is 4.96 Å². The molecular weight excluding hydrogens is 236 g/mol. The van der Waals surface area contributed by atoms with E-state index in [2.05, 4.69) is 10.1 Å². The number of fused-ring (bicyclic) bond motifs is 1. The first kappa shape index (κ1) is 10.4. The van der Waals surface area contributed by atoms with Crippen molar-refractivity contribution in [3.63, 3.8) is 0 Å².